The summed E-state index contributed by atoms with van der Waals surface area (Å²) in [4.78, 5) is 25.7. The van der Waals surface area contributed by atoms with Crippen LogP contribution in [0.1, 0.15) is 35.2 Å². The molecule has 0 unspecified atom stereocenters. The highest BCUT2D eigenvalue weighted by molar-refractivity contribution is 6.30. The maximum Gasteiger partial charge on any atom is 0.270 e. The molecule has 1 saturated heterocycles. The minimum atomic E-state index is -0.474. The molecule has 0 bridgehead atoms. The molecule has 0 spiro atoms. The molecule has 1 aliphatic rings. The van der Waals surface area contributed by atoms with E-state index in [0.717, 1.165) is 31.6 Å². The molecular formula is C18H17ClN2O3. The number of anilines is 1. The van der Waals surface area contributed by atoms with E-state index in [9.17, 15) is 14.9 Å². The van der Waals surface area contributed by atoms with Gasteiger partial charge in [-0.25, -0.2) is 0 Å². The van der Waals surface area contributed by atoms with Crippen LogP contribution in [0.15, 0.2) is 42.5 Å². The third kappa shape index (κ3) is 3.41. The Morgan fingerprint density at radius 3 is 2.33 bits per heavy atom. The standard InChI is InChI=1S/C18H17ClN2O3/c19-14-6-4-13(5-7-14)18(22)16-12-15(21(23)24)8-9-17(16)20-10-2-1-3-11-20/h4-9,12H,1-3,10-11H2. The average molecular weight is 345 g/mol. The highest BCUT2D eigenvalue weighted by atomic mass is 35.5. The minimum Gasteiger partial charge on any atom is -0.371 e. The van der Waals surface area contributed by atoms with E-state index in [1.54, 1.807) is 30.3 Å². The molecule has 2 aromatic rings. The van der Waals surface area contributed by atoms with Gasteiger partial charge in [-0.1, -0.05) is 11.6 Å². The molecule has 2 aromatic carbocycles. The fraction of sp³-hybridized carbons (Fsp3) is 0.278. The number of non-ortho nitro benzene ring substituents is 1. The van der Waals surface area contributed by atoms with Gasteiger partial charge in [0.2, 0.25) is 0 Å². The van der Waals surface area contributed by atoms with E-state index in [1.165, 1.54) is 18.6 Å². The third-order valence-corrected chi connectivity index (χ3v) is 4.49. The zero-order valence-corrected chi connectivity index (χ0v) is 13.8. The molecule has 0 aromatic heterocycles. The molecule has 6 heteroatoms. The van der Waals surface area contributed by atoms with Gasteiger partial charge in [0, 0.05) is 41.5 Å². The second kappa shape index (κ2) is 7.01. The van der Waals surface area contributed by atoms with Crippen LogP contribution in [0.25, 0.3) is 0 Å². The summed E-state index contributed by atoms with van der Waals surface area (Å²) in [6.07, 6.45) is 3.29. The Labute approximate surface area is 145 Å². The first kappa shape index (κ1) is 16.5. The van der Waals surface area contributed by atoms with Crippen molar-refractivity contribution in [2.45, 2.75) is 19.3 Å². The van der Waals surface area contributed by atoms with Gasteiger partial charge in [0.15, 0.2) is 5.78 Å². The summed E-state index contributed by atoms with van der Waals surface area (Å²) in [7, 11) is 0. The van der Waals surface area contributed by atoms with E-state index < -0.39 is 4.92 Å². The lowest BCUT2D eigenvalue weighted by Gasteiger charge is -2.30. The number of carbonyl (C=O) groups excluding carboxylic acids is 1. The van der Waals surface area contributed by atoms with Crippen LogP contribution in [0.5, 0.6) is 0 Å². The fourth-order valence-corrected chi connectivity index (χ4v) is 3.11. The molecule has 124 valence electrons. The number of hydrogen-bond donors (Lipinski definition) is 0. The number of hydrogen-bond acceptors (Lipinski definition) is 4. The number of ketones is 1. The van der Waals surface area contributed by atoms with Gasteiger partial charge < -0.3 is 4.90 Å². The maximum atomic E-state index is 12.9. The predicted octanol–water partition coefficient (Wildman–Crippen LogP) is 4.47. The van der Waals surface area contributed by atoms with Crippen molar-refractivity contribution in [3.63, 3.8) is 0 Å². The van der Waals surface area contributed by atoms with Crippen LogP contribution in [0.3, 0.4) is 0 Å². The highest BCUT2D eigenvalue weighted by Crippen LogP contribution is 2.30. The topological polar surface area (TPSA) is 63.4 Å². The molecular weight excluding hydrogens is 328 g/mol. The van der Waals surface area contributed by atoms with E-state index in [1.807, 2.05) is 0 Å². The summed E-state index contributed by atoms with van der Waals surface area (Å²) in [5.74, 6) is -0.226. The maximum absolute atomic E-state index is 12.9. The van der Waals surface area contributed by atoms with Gasteiger partial charge in [0.1, 0.15) is 0 Å². The molecule has 0 atom stereocenters. The van der Waals surface area contributed by atoms with E-state index >= 15 is 0 Å². The van der Waals surface area contributed by atoms with Crippen molar-refractivity contribution in [2.75, 3.05) is 18.0 Å². The van der Waals surface area contributed by atoms with Crippen LogP contribution in [-0.2, 0) is 0 Å². The molecule has 0 N–H and O–H groups in total. The van der Waals surface area contributed by atoms with E-state index in [-0.39, 0.29) is 11.5 Å². The second-order valence-electron chi connectivity index (χ2n) is 5.84. The third-order valence-electron chi connectivity index (χ3n) is 4.24. The molecule has 5 nitrogen and oxygen atoms in total. The zero-order valence-electron chi connectivity index (χ0n) is 13.1. The Kier molecular flexibility index (Phi) is 4.81. The Morgan fingerprint density at radius 1 is 1.04 bits per heavy atom. The first-order valence-electron chi connectivity index (χ1n) is 7.90. The van der Waals surface area contributed by atoms with Crippen LogP contribution in [0.2, 0.25) is 5.02 Å². The number of rotatable bonds is 4. The van der Waals surface area contributed by atoms with E-state index in [0.29, 0.717) is 16.1 Å². The summed E-state index contributed by atoms with van der Waals surface area (Å²) >= 11 is 5.87. The monoisotopic (exact) mass is 344 g/mol. The minimum absolute atomic E-state index is 0.0759. The van der Waals surface area contributed by atoms with Crippen molar-refractivity contribution in [1.29, 1.82) is 0 Å². The summed E-state index contributed by atoms with van der Waals surface area (Å²) in [6, 6.07) is 11.1. The smallest absolute Gasteiger partial charge is 0.270 e. The van der Waals surface area contributed by atoms with Gasteiger partial charge in [-0.15, -0.1) is 0 Å². The first-order valence-corrected chi connectivity index (χ1v) is 8.28. The van der Waals surface area contributed by atoms with Crippen molar-refractivity contribution in [2.24, 2.45) is 0 Å². The molecule has 24 heavy (non-hydrogen) atoms. The van der Waals surface area contributed by atoms with Gasteiger partial charge in [0.25, 0.3) is 5.69 Å². The van der Waals surface area contributed by atoms with Crippen LogP contribution in [0.4, 0.5) is 11.4 Å². The van der Waals surface area contributed by atoms with Gasteiger partial charge >= 0.3 is 0 Å². The summed E-state index contributed by atoms with van der Waals surface area (Å²) in [6.45, 7) is 1.72. The number of halogens is 1. The molecule has 0 aliphatic carbocycles. The molecule has 1 fully saturated rings. The Hall–Kier alpha value is -2.40. The average Bonchev–Trinajstić information content (AvgIpc) is 2.62. The normalized spacial score (nSPS) is 14.5. The van der Waals surface area contributed by atoms with Gasteiger partial charge in [0.05, 0.1) is 10.5 Å². The van der Waals surface area contributed by atoms with E-state index in [2.05, 4.69) is 4.90 Å². The van der Waals surface area contributed by atoms with Gasteiger partial charge in [-0.2, -0.15) is 0 Å². The quantitative estimate of drug-likeness (QED) is 0.466. The lowest BCUT2D eigenvalue weighted by Crippen LogP contribution is -2.30. The summed E-state index contributed by atoms with van der Waals surface area (Å²) in [5.41, 5.74) is 1.53. The van der Waals surface area contributed by atoms with Crippen LogP contribution >= 0.6 is 11.6 Å². The number of nitro benzene ring substituents is 1. The molecule has 3 rings (SSSR count). The number of nitro groups is 1. The van der Waals surface area contributed by atoms with Crippen LogP contribution in [0, 0.1) is 10.1 Å². The fourth-order valence-electron chi connectivity index (χ4n) is 2.99. The van der Waals surface area contributed by atoms with Crippen LogP contribution < -0.4 is 4.90 Å². The first-order chi connectivity index (χ1) is 11.6. The lowest BCUT2D eigenvalue weighted by molar-refractivity contribution is -0.384. The van der Waals surface area contributed by atoms with Crippen molar-refractivity contribution < 1.29 is 9.72 Å². The summed E-state index contributed by atoms with van der Waals surface area (Å²) < 4.78 is 0. The SMILES string of the molecule is O=C(c1ccc(Cl)cc1)c1cc([N+](=O)[O-])ccc1N1CCCCC1. The highest BCUT2D eigenvalue weighted by Gasteiger charge is 2.22. The molecule has 0 saturated carbocycles. The Balaban J connectivity index is 2.04. The number of nitrogens with zero attached hydrogens (tertiary/aromatic N) is 2. The molecule has 1 aliphatic heterocycles. The van der Waals surface area contributed by atoms with Crippen molar-refractivity contribution in [3.8, 4) is 0 Å². The predicted molar refractivity (Wildman–Crippen MR) is 94.0 cm³/mol. The number of carbonyl (C=O) groups is 1. The number of piperidine rings is 1. The molecule has 0 radical (unpaired) electrons. The van der Waals surface area contributed by atoms with Crippen LogP contribution in [-0.4, -0.2) is 23.8 Å². The zero-order chi connectivity index (χ0) is 17.1. The Morgan fingerprint density at radius 2 is 1.71 bits per heavy atom. The Bertz CT molecular complexity index is 768. The van der Waals surface area contributed by atoms with E-state index in [4.69, 9.17) is 11.6 Å². The largest absolute Gasteiger partial charge is 0.371 e. The summed E-state index contributed by atoms with van der Waals surface area (Å²) in [5, 5.41) is 11.7. The van der Waals surface area contributed by atoms with Crippen molar-refractivity contribution >= 4 is 28.8 Å². The number of benzene rings is 2. The lowest BCUT2D eigenvalue weighted by atomic mass is 9.99. The van der Waals surface area contributed by atoms with Gasteiger partial charge in [-0.05, 0) is 49.6 Å². The van der Waals surface area contributed by atoms with Gasteiger partial charge in [-0.3, -0.25) is 14.9 Å². The van der Waals surface area contributed by atoms with Crippen molar-refractivity contribution in [1.82, 2.24) is 0 Å². The molecule has 0 amide bonds. The molecule has 1 heterocycles. The van der Waals surface area contributed by atoms with Crippen molar-refractivity contribution in [3.05, 3.63) is 68.7 Å². The second-order valence-corrected chi connectivity index (χ2v) is 6.28.